The number of piperidine rings is 1. The van der Waals surface area contributed by atoms with Crippen LogP contribution in [0.1, 0.15) is 19.3 Å². The molecule has 0 spiro atoms. The highest BCUT2D eigenvalue weighted by Crippen LogP contribution is 2.20. The van der Waals surface area contributed by atoms with Crippen LogP contribution in [0.2, 0.25) is 0 Å². The van der Waals surface area contributed by atoms with Crippen LogP contribution in [-0.2, 0) is 9.59 Å². The Kier molecular flexibility index (Phi) is 5.59. The zero-order valence-electron chi connectivity index (χ0n) is 10.4. The van der Waals surface area contributed by atoms with Gasteiger partial charge in [0.15, 0.2) is 0 Å². The van der Waals surface area contributed by atoms with Gasteiger partial charge in [-0.15, -0.1) is 0 Å². The number of nitrogens with one attached hydrogen (secondary N) is 1. The van der Waals surface area contributed by atoms with Crippen molar-refractivity contribution < 1.29 is 27.9 Å². The summed E-state index contributed by atoms with van der Waals surface area (Å²) in [6.45, 7) is -0.716. The predicted molar refractivity (Wildman–Crippen MR) is 60.5 cm³/mol. The van der Waals surface area contributed by atoms with Crippen LogP contribution in [0.15, 0.2) is 0 Å². The van der Waals surface area contributed by atoms with E-state index in [4.69, 9.17) is 5.11 Å². The Morgan fingerprint density at radius 2 is 1.84 bits per heavy atom. The van der Waals surface area contributed by atoms with Gasteiger partial charge in [0.25, 0.3) is 0 Å². The summed E-state index contributed by atoms with van der Waals surface area (Å²) in [4.78, 5) is 23.6. The van der Waals surface area contributed by atoms with Crippen LogP contribution in [0.25, 0.3) is 0 Å². The second-order valence-electron chi connectivity index (χ2n) is 4.64. The smallest absolute Gasteiger partial charge is 0.401 e. The molecule has 0 aromatic rings. The molecule has 1 amide bonds. The van der Waals surface area contributed by atoms with Crippen LogP contribution in [0, 0.1) is 5.92 Å². The predicted octanol–water partition coefficient (Wildman–Crippen LogP) is 0.852. The van der Waals surface area contributed by atoms with Crippen molar-refractivity contribution in [3.63, 3.8) is 0 Å². The molecule has 5 nitrogen and oxygen atoms in total. The van der Waals surface area contributed by atoms with Gasteiger partial charge in [-0.1, -0.05) is 0 Å². The Morgan fingerprint density at radius 1 is 1.26 bits per heavy atom. The van der Waals surface area contributed by atoms with Crippen molar-refractivity contribution in [1.82, 2.24) is 10.2 Å². The molecule has 19 heavy (non-hydrogen) atoms. The summed E-state index contributed by atoms with van der Waals surface area (Å²) < 4.78 is 35.6. The second kappa shape index (κ2) is 6.74. The van der Waals surface area contributed by atoms with E-state index in [0.29, 0.717) is 25.9 Å². The third-order valence-corrected chi connectivity index (χ3v) is 3.03. The van der Waals surface area contributed by atoms with Crippen LogP contribution in [0.3, 0.4) is 0 Å². The number of alkyl halides is 3. The minimum Gasteiger partial charge on any atom is -0.481 e. The number of nitrogens with zero attached hydrogens (tertiary/aromatic N) is 1. The zero-order valence-corrected chi connectivity index (χ0v) is 10.4. The van der Waals surface area contributed by atoms with Crippen molar-refractivity contribution in [3.05, 3.63) is 0 Å². The number of aliphatic carboxylic acids is 1. The van der Waals surface area contributed by atoms with Crippen LogP contribution >= 0.6 is 0 Å². The third-order valence-electron chi connectivity index (χ3n) is 3.03. The first-order valence-corrected chi connectivity index (χ1v) is 6.05. The summed E-state index contributed by atoms with van der Waals surface area (Å²) in [6.07, 6.45) is -3.09. The summed E-state index contributed by atoms with van der Waals surface area (Å²) in [5.74, 6) is -1.20. The van der Waals surface area contributed by atoms with Gasteiger partial charge in [-0.3, -0.25) is 9.59 Å². The number of carbonyl (C=O) groups is 2. The van der Waals surface area contributed by atoms with Crippen LogP contribution in [0.5, 0.6) is 0 Å². The van der Waals surface area contributed by atoms with Crippen LogP contribution in [0.4, 0.5) is 13.2 Å². The number of hydrogen-bond donors (Lipinski definition) is 2. The lowest BCUT2D eigenvalue weighted by molar-refractivity contribution is -0.138. The molecule has 110 valence electrons. The number of halogens is 3. The average molecular weight is 282 g/mol. The lowest BCUT2D eigenvalue weighted by Crippen LogP contribution is -2.44. The molecule has 0 atom stereocenters. The maximum Gasteiger partial charge on any atom is 0.401 e. The molecule has 2 N–H and O–H groups in total. The number of amides is 1. The minimum absolute atomic E-state index is 0.0460. The minimum atomic E-state index is -4.32. The SMILES string of the molecule is O=C(O)CC1CCN(C(=O)CNCC(F)(F)F)CC1. The van der Waals surface area contributed by atoms with E-state index in [1.54, 1.807) is 0 Å². The number of carbonyl (C=O) groups excluding carboxylic acids is 1. The largest absolute Gasteiger partial charge is 0.481 e. The summed E-state index contributed by atoms with van der Waals surface area (Å²) in [5, 5.41) is 10.7. The molecule has 0 aromatic heterocycles. The fourth-order valence-electron chi connectivity index (χ4n) is 2.06. The number of rotatable bonds is 5. The first kappa shape index (κ1) is 15.7. The monoisotopic (exact) mass is 282 g/mol. The van der Waals surface area contributed by atoms with Crippen LogP contribution < -0.4 is 5.32 Å². The van der Waals surface area contributed by atoms with E-state index >= 15 is 0 Å². The molecule has 1 heterocycles. The van der Waals surface area contributed by atoms with Gasteiger partial charge in [0.05, 0.1) is 13.1 Å². The van der Waals surface area contributed by atoms with Crippen molar-refractivity contribution in [2.24, 2.45) is 5.92 Å². The van der Waals surface area contributed by atoms with E-state index in [0.717, 1.165) is 0 Å². The molecule has 0 aromatic carbocycles. The molecular formula is C11H17F3N2O3. The lowest BCUT2D eigenvalue weighted by Gasteiger charge is -2.31. The fraction of sp³-hybridized carbons (Fsp3) is 0.818. The molecule has 1 rings (SSSR count). The molecular weight excluding hydrogens is 265 g/mol. The van der Waals surface area contributed by atoms with E-state index in [1.807, 2.05) is 0 Å². The Labute approximate surface area is 108 Å². The highest BCUT2D eigenvalue weighted by Gasteiger charge is 2.28. The molecule has 0 bridgehead atoms. The van der Waals surface area contributed by atoms with Gasteiger partial charge in [0, 0.05) is 19.5 Å². The number of carboxylic acid groups (broad SMARTS) is 1. The summed E-state index contributed by atoms with van der Waals surface area (Å²) in [6, 6.07) is 0. The maximum atomic E-state index is 11.9. The first-order valence-electron chi connectivity index (χ1n) is 6.05. The second-order valence-corrected chi connectivity index (χ2v) is 4.64. The van der Waals surface area contributed by atoms with Crippen LogP contribution in [-0.4, -0.2) is 54.2 Å². The molecule has 0 saturated carbocycles. The molecule has 1 aliphatic rings. The summed E-state index contributed by atoms with van der Waals surface area (Å²) in [5.41, 5.74) is 0. The third kappa shape index (κ3) is 6.42. The Bertz CT molecular complexity index is 326. The molecule has 8 heteroatoms. The Morgan fingerprint density at radius 3 is 2.32 bits per heavy atom. The molecule has 0 aliphatic carbocycles. The quantitative estimate of drug-likeness (QED) is 0.784. The van der Waals surface area contributed by atoms with Gasteiger partial charge >= 0.3 is 12.1 Å². The van der Waals surface area contributed by atoms with E-state index in [2.05, 4.69) is 5.32 Å². The van der Waals surface area contributed by atoms with Crippen molar-refractivity contribution >= 4 is 11.9 Å². The highest BCUT2D eigenvalue weighted by molar-refractivity contribution is 5.78. The van der Waals surface area contributed by atoms with Gasteiger partial charge in [-0.05, 0) is 18.8 Å². The normalized spacial score (nSPS) is 17.5. The molecule has 1 fully saturated rings. The van der Waals surface area contributed by atoms with Crippen molar-refractivity contribution in [2.75, 3.05) is 26.2 Å². The molecule has 0 unspecified atom stereocenters. The lowest BCUT2D eigenvalue weighted by atomic mass is 9.93. The summed E-state index contributed by atoms with van der Waals surface area (Å²) in [7, 11) is 0. The number of carboxylic acids is 1. The number of likely N-dealkylation sites (tertiary alicyclic amines) is 1. The van der Waals surface area contributed by atoms with E-state index in [1.165, 1.54) is 4.90 Å². The Hall–Kier alpha value is -1.31. The van der Waals surface area contributed by atoms with Gasteiger partial charge in [-0.25, -0.2) is 0 Å². The number of hydrogen-bond acceptors (Lipinski definition) is 3. The van der Waals surface area contributed by atoms with Gasteiger partial charge in [-0.2, -0.15) is 13.2 Å². The van der Waals surface area contributed by atoms with Crippen molar-refractivity contribution in [2.45, 2.75) is 25.4 Å². The summed E-state index contributed by atoms with van der Waals surface area (Å²) >= 11 is 0. The van der Waals surface area contributed by atoms with E-state index in [9.17, 15) is 22.8 Å². The van der Waals surface area contributed by atoms with Crippen molar-refractivity contribution in [3.8, 4) is 0 Å². The molecule has 1 aliphatic heterocycles. The topological polar surface area (TPSA) is 69.6 Å². The highest BCUT2D eigenvalue weighted by atomic mass is 19.4. The molecule has 1 saturated heterocycles. The van der Waals surface area contributed by atoms with Gasteiger partial charge < -0.3 is 15.3 Å². The molecule has 0 radical (unpaired) electrons. The maximum absolute atomic E-state index is 11.9. The Balaban J connectivity index is 2.23. The van der Waals surface area contributed by atoms with E-state index < -0.39 is 18.7 Å². The first-order chi connectivity index (χ1) is 8.78. The fourth-order valence-corrected chi connectivity index (χ4v) is 2.06. The standard InChI is InChI=1S/C11H17F3N2O3/c12-11(13,14)7-15-6-9(17)16-3-1-8(2-4-16)5-10(18)19/h8,15H,1-7H2,(H,18,19). The van der Waals surface area contributed by atoms with Gasteiger partial charge in [0.1, 0.15) is 0 Å². The average Bonchev–Trinajstić information content (AvgIpc) is 2.27. The van der Waals surface area contributed by atoms with E-state index in [-0.39, 0.29) is 24.8 Å². The zero-order chi connectivity index (χ0) is 14.5. The van der Waals surface area contributed by atoms with Crippen molar-refractivity contribution in [1.29, 1.82) is 0 Å². The van der Waals surface area contributed by atoms with Gasteiger partial charge in [0.2, 0.25) is 5.91 Å².